The number of halogens is 1. The molecule has 1 fully saturated rings. The van der Waals surface area contributed by atoms with E-state index in [9.17, 15) is 19.1 Å². The number of carbonyl (C=O) groups is 2. The van der Waals surface area contributed by atoms with Gasteiger partial charge in [-0.2, -0.15) is 0 Å². The summed E-state index contributed by atoms with van der Waals surface area (Å²) < 4.78 is 18.9. The number of hydrogen-bond acceptors (Lipinski definition) is 4. The Bertz CT molecular complexity index is 611. The molecule has 3 amide bonds. The van der Waals surface area contributed by atoms with Crippen molar-refractivity contribution in [3.63, 3.8) is 0 Å². The molecule has 2 rings (SSSR count). The molecule has 0 spiro atoms. The zero-order chi connectivity index (χ0) is 17.7. The first-order valence-electron chi connectivity index (χ1n) is 7.69. The summed E-state index contributed by atoms with van der Waals surface area (Å²) in [4.78, 5) is 25.0. The van der Waals surface area contributed by atoms with Crippen molar-refractivity contribution in [2.75, 3.05) is 27.2 Å². The SMILES string of the molecule is CNC(=O)C[C@@H]1CN(C(=O)NCc2c(F)cccc2OC)C[C@H]1O. The fourth-order valence-electron chi connectivity index (χ4n) is 2.74. The number of benzene rings is 1. The van der Waals surface area contributed by atoms with Crippen molar-refractivity contribution >= 4 is 11.9 Å². The van der Waals surface area contributed by atoms with Gasteiger partial charge in [0.05, 0.1) is 19.8 Å². The van der Waals surface area contributed by atoms with Crippen LogP contribution in [0, 0.1) is 11.7 Å². The molecule has 1 saturated heterocycles. The van der Waals surface area contributed by atoms with E-state index in [1.54, 1.807) is 6.07 Å². The number of nitrogens with zero attached hydrogens (tertiary/aromatic N) is 1. The molecule has 2 atom stereocenters. The molecule has 1 aromatic rings. The van der Waals surface area contributed by atoms with Crippen LogP contribution in [0.2, 0.25) is 0 Å². The number of urea groups is 1. The van der Waals surface area contributed by atoms with Crippen molar-refractivity contribution < 1.29 is 23.8 Å². The van der Waals surface area contributed by atoms with E-state index < -0.39 is 18.0 Å². The molecule has 0 saturated carbocycles. The number of methoxy groups -OCH3 is 1. The summed E-state index contributed by atoms with van der Waals surface area (Å²) >= 11 is 0. The Kier molecular flexibility index (Phi) is 5.97. The Morgan fingerprint density at radius 3 is 2.83 bits per heavy atom. The predicted molar refractivity (Wildman–Crippen MR) is 84.9 cm³/mol. The van der Waals surface area contributed by atoms with Gasteiger partial charge in [-0.05, 0) is 12.1 Å². The van der Waals surface area contributed by atoms with Crippen LogP contribution in [-0.4, -0.2) is 55.3 Å². The average molecular weight is 339 g/mol. The summed E-state index contributed by atoms with van der Waals surface area (Å²) in [5.41, 5.74) is 0.259. The fourth-order valence-corrected chi connectivity index (χ4v) is 2.74. The average Bonchev–Trinajstić information content (AvgIpc) is 2.93. The number of hydrogen-bond donors (Lipinski definition) is 3. The summed E-state index contributed by atoms with van der Waals surface area (Å²) in [5, 5.41) is 15.1. The first-order valence-corrected chi connectivity index (χ1v) is 7.69. The molecule has 24 heavy (non-hydrogen) atoms. The number of aliphatic hydroxyl groups is 1. The second kappa shape index (κ2) is 7.96. The Morgan fingerprint density at radius 1 is 1.42 bits per heavy atom. The van der Waals surface area contributed by atoms with Gasteiger partial charge in [-0.1, -0.05) is 6.07 Å². The van der Waals surface area contributed by atoms with Crippen LogP contribution in [0.25, 0.3) is 0 Å². The minimum absolute atomic E-state index is 0.0264. The van der Waals surface area contributed by atoms with Crippen molar-refractivity contribution in [2.45, 2.75) is 19.1 Å². The van der Waals surface area contributed by atoms with Crippen LogP contribution in [0.4, 0.5) is 9.18 Å². The molecule has 0 radical (unpaired) electrons. The van der Waals surface area contributed by atoms with Crippen molar-refractivity contribution in [3.05, 3.63) is 29.6 Å². The Labute approximate surface area is 139 Å². The molecule has 1 aromatic carbocycles. The summed E-state index contributed by atoms with van der Waals surface area (Å²) in [5.74, 6) is -0.598. The van der Waals surface area contributed by atoms with E-state index in [1.165, 1.54) is 31.2 Å². The maximum atomic E-state index is 13.8. The second-order valence-electron chi connectivity index (χ2n) is 5.69. The van der Waals surface area contributed by atoms with Gasteiger partial charge in [0.1, 0.15) is 11.6 Å². The monoisotopic (exact) mass is 339 g/mol. The number of aliphatic hydroxyl groups excluding tert-OH is 1. The highest BCUT2D eigenvalue weighted by molar-refractivity contribution is 5.77. The summed E-state index contributed by atoms with van der Waals surface area (Å²) in [6, 6.07) is 4.02. The predicted octanol–water partition coefficient (Wildman–Crippen LogP) is 0.473. The number of likely N-dealkylation sites (tertiary alicyclic amines) is 1. The number of ether oxygens (including phenoxy) is 1. The molecular weight excluding hydrogens is 317 g/mol. The van der Waals surface area contributed by atoms with Crippen LogP contribution >= 0.6 is 0 Å². The van der Waals surface area contributed by atoms with Gasteiger partial charge in [-0.3, -0.25) is 4.79 Å². The third-order valence-corrected chi connectivity index (χ3v) is 4.13. The summed E-state index contributed by atoms with van der Waals surface area (Å²) in [7, 11) is 2.95. The highest BCUT2D eigenvalue weighted by Crippen LogP contribution is 2.22. The lowest BCUT2D eigenvalue weighted by Crippen LogP contribution is -2.38. The van der Waals surface area contributed by atoms with E-state index in [0.29, 0.717) is 5.75 Å². The van der Waals surface area contributed by atoms with Gasteiger partial charge in [0, 0.05) is 38.0 Å². The molecule has 0 aliphatic carbocycles. The van der Waals surface area contributed by atoms with E-state index in [4.69, 9.17) is 4.74 Å². The maximum absolute atomic E-state index is 13.8. The first-order chi connectivity index (χ1) is 11.5. The van der Waals surface area contributed by atoms with Crippen molar-refractivity contribution in [3.8, 4) is 5.75 Å². The van der Waals surface area contributed by atoms with Gasteiger partial charge in [0.15, 0.2) is 0 Å². The normalized spacial score (nSPS) is 19.9. The zero-order valence-corrected chi connectivity index (χ0v) is 13.7. The van der Waals surface area contributed by atoms with E-state index >= 15 is 0 Å². The Hall–Kier alpha value is -2.35. The van der Waals surface area contributed by atoms with Crippen molar-refractivity contribution in [1.82, 2.24) is 15.5 Å². The smallest absolute Gasteiger partial charge is 0.317 e. The molecule has 1 aliphatic heterocycles. The summed E-state index contributed by atoms with van der Waals surface area (Å²) in [6.07, 6.45) is -0.598. The van der Waals surface area contributed by atoms with E-state index in [2.05, 4.69) is 10.6 Å². The van der Waals surface area contributed by atoms with Crippen LogP contribution in [0.15, 0.2) is 18.2 Å². The molecule has 0 aromatic heterocycles. The highest BCUT2D eigenvalue weighted by atomic mass is 19.1. The maximum Gasteiger partial charge on any atom is 0.317 e. The molecule has 1 heterocycles. The lowest BCUT2D eigenvalue weighted by molar-refractivity contribution is -0.122. The number of nitrogens with one attached hydrogen (secondary N) is 2. The quantitative estimate of drug-likeness (QED) is 0.727. The molecule has 0 unspecified atom stereocenters. The van der Waals surface area contributed by atoms with Crippen LogP contribution < -0.4 is 15.4 Å². The second-order valence-corrected chi connectivity index (χ2v) is 5.69. The first kappa shape index (κ1) is 18.0. The van der Waals surface area contributed by atoms with Gasteiger partial charge >= 0.3 is 6.03 Å². The van der Waals surface area contributed by atoms with Crippen LogP contribution in [0.3, 0.4) is 0 Å². The topological polar surface area (TPSA) is 90.9 Å². The molecule has 3 N–H and O–H groups in total. The van der Waals surface area contributed by atoms with Gasteiger partial charge in [0.25, 0.3) is 0 Å². The van der Waals surface area contributed by atoms with Gasteiger partial charge < -0.3 is 25.4 Å². The van der Waals surface area contributed by atoms with E-state index in [0.717, 1.165) is 0 Å². The van der Waals surface area contributed by atoms with Crippen LogP contribution in [0.1, 0.15) is 12.0 Å². The van der Waals surface area contributed by atoms with E-state index in [1.807, 2.05) is 0 Å². The number of β-amino-alcohol motifs (C(OH)–C–C–N with tert-alkyl or cyclic N) is 1. The lowest BCUT2D eigenvalue weighted by Gasteiger charge is -2.18. The third-order valence-electron chi connectivity index (χ3n) is 4.13. The Morgan fingerprint density at radius 2 is 2.17 bits per heavy atom. The zero-order valence-electron chi connectivity index (χ0n) is 13.7. The standard InChI is InChI=1S/C16H22FN3O4/c1-18-15(22)6-10-8-20(9-13(10)21)16(23)19-7-11-12(17)4-3-5-14(11)24-2/h3-5,10,13,21H,6-9H2,1-2H3,(H,18,22)(H,19,23)/t10-,13-/m1/s1. The van der Waals surface area contributed by atoms with Crippen molar-refractivity contribution in [2.24, 2.45) is 5.92 Å². The number of rotatable bonds is 5. The molecule has 8 heteroatoms. The lowest BCUT2D eigenvalue weighted by atomic mass is 10.0. The molecule has 0 bridgehead atoms. The van der Waals surface area contributed by atoms with Crippen LogP contribution in [-0.2, 0) is 11.3 Å². The Balaban J connectivity index is 1.93. The van der Waals surface area contributed by atoms with Gasteiger partial charge in [0.2, 0.25) is 5.91 Å². The minimum Gasteiger partial charge on any atom is -0.496 e. The summed E-state index contributed by atoms with van der Waals surface area (Å²) in [6.45, 7) is 0.387. The van der Waals surface area contributed by atoms with E-state index in [-0.39, 0.29) is 43.4 Å². The number of amides is 3. The molecular formula is C16H22FN3O4. The molecule has 132 valence electrons. The largest absolute Gasteiger partial charge is 0.496 e. The van der Waals surface area contributed by atoms with Crippen molar-refractivity contribution in [1.29, 1.82) is 0 Å². The fraction of sp³-hybridized carbons (Fsp3) is 0.500. The van der Waals surface area contributed by atoms with Crippen LogP contribution in [0.5, 0.6) is 5.75 Å². The van der Waals surface area contributed by atoms with Gasteiger partial charge in [-0.15, -0.1) is 0 Å². The number of carbonyl (C=O) groups excluding carboxylic acids is 2. The molecule has 7 nitrogen and oxygen atoms in total. The minimum atomic E-state index is -0.754. The molecule has 1 aliphatic rings. The highest BCUT2D eigenvalue weighted by Gasteiger charge is 2.35. The van der Waals surface area contributed by atoms with Gasteiger partial charge in [-0.25, -0.2) is 9.18 Å². The third kappa shape index (κ3) is 4.14.